The zero-order valence-corrected chi connectivity index (χ0v) is 18.7. The molecule has 6 nitrogen and oxygen atoms in total. The number of benzene rings is 2. The Kier molecular flexibility index (Phi) is 7.55. The SMILES string of the molecule is CCC(CC)C(=O)OCCOc1c(-c2ccc3c(c2)CCC3=O)ccc(OC)c1OC. The first-order valence-corrected chi connectivity index (χ1v) is 10.7. The molecule has 31 heavy (non-hydrogen) atoms. The number of methoxy groups -OCH3 is 2. The van der Waals surface area contributed by atoms with Crippen molar-refractivity contribution in [3.63, 3.8) is 0 Å². The smallest absolute Gasteiger partial charge is 0.309 e. The maximum atomic E-state index is 12.1. The van der Waals surface area contributed by atoms with Gasteiger partial charge in [0.15, 0.2) is 17.3 Å². The summed E-state index contributed by atoms with van der Waals surface area (Å²) in [6.45, 7) is 4.28. The van der Waals surface area contributed by atoms with Gasteiger partial charge < -0.3 is 18.9 Å². The van der Waals surface area contributed by atoms with Crippen LogP contribution in [0.15, 0.2) is 30.3 Å². The summed E-state index contributed by atoms with van der Waals surface area (Å²) in [4.78, 5) is 24.1. The molecule has 3 rings (SSSR count). The monoisotopic (exact) mass is 426 g/mol. The molecule has 0 amide bonds. The summed E-state index contributed by atoms with van der Waals surface area (Å²) < 4.78 is 22.4. The van der Waals surface area contributed by atoms with Gasteiger partial charge in [0.25, 0.3) is 0 Å². The van der Waals surface area contributed by atoms with Gasteiger partial charge >= 0.3 is 5.97 Å². The van der Waals surface area contributed by atoms with Crippen LogP contribution < -0.4 is 14.2 Å². The van der Waals surface area contributed by atoms with Gasteiger partial charge in [-0.3, -0.25) is 9.59 Å². The summed E-state index contributed by atoms with van der Waals surface area (Å²) >= 11 is 0. The van der Waals surface area contributed by atoms with E-state index < -0.39 is 0 Å². The minimum Gasteiger partial charge on any atom is -0.493 e. The van der Waals surface area contributed by atoms with Gasteiger partial charge in [-0.25, -0.2) is 0 Å². The number of carbonyl (C=O) groups is 2. The number of ketones is 1. The van der Waals surface area contributed by atoms with E-state index in [0.717, 1.165) is 41.5 Å². The van der Waals surface area contributed by atoms with Crippen LogP contribution in [0.25, 0.3) is 11.1 Å². The van der Waals surface area contributed by atoms with E-state index in [-0.39, 0.29) is 30.9 Å². The molecule has 1 aliphatic rings. The van der Waals surface area contributed by atoms with E-state index in [1.165, 1.54) is 0 Å². The normalized spacial score (nSPS) is 12.6. The second-order valence-electron chi connectivity index (χ2n) is 7.50. The number of Topliss-reactive ketones (excluding diaryl/α,β-unsaturated/α-hetero) is 1. The van der Waals surface area contributed by atoms with Crippen molar-refractivity contribution in [1.29, 1.82) is 0 Å². The minimum absolute atomic E-state index is 0.0870. The van der Waals surface area contributed by atoms with E-state index in [4.69, 9.17) is 18.9 Å². The Hall–Kier alpha value is -3.02. The molecule has 0 aromatic heterocycles. The number of ether oxygens (including phenoxy) is 4. The Balaban J connectivity index is 1.84. The number of esters is 1. The van der Waals surface area contributed by atoms with Gasteiger partial charge in [-0.2, -0.15) is 0 Å². The molecule has 0 aliphatic heterocycles. The number of fused-ring (bicyclic) bond motifs is 1. The molecule has 0 radical (unpaired) electrons. The molecule has 0 saturated carbocycles. The van der Waals surface area contributed by atoms with Crippen LogP contribution >= 0.6 is 0 Å². The average Bonchev–Trinajstić information content (AvgIpc) is 3.16. The first kappa shape index (κ1) is 22.7. The van der Waals surface area contributed by atoms with Crippen molar-refractivity contribution >= 4 is 11.8 Å². The molecule has 0 N–H and O–H groups in total. The fourth-order valence-corrected chi connectivity index (χ4v) is 3.92. The maximum Gasteiger partial charge on any atom is 0.309 e. The van der Waals surface area contributed by atoms with Crippen LogP contribution in [0.4, 0.5) is 0 Å². The van der Waals surface area contributed by atoms with Crippen LogP contribution in [0, 0.1) is 5.92 Å². The van der Waals surface area contributed by atoms with Crippen molar-refractivity contribution in [2.45, 2.75) is 39.5 Å². The second kappa shape index (κ2) is 10.3. The Labute approximate surface area is 183 Å². The fraction of sp³-hybridized carbons (Fsp3) is 0.440. The highest BCUT2D eigenvalue weighted by Gasteiger charge is 2.23. The molecule has 0 unspecified atom stereocenters. The van der Waals surface area contributed by atoms with Crippen molar-refractivity contribution in [1.82, 2.24) is 0 Å². The van der Waals surface area contributed by atoms with Gasteiger partial charge in [-0.1, -0.05) is 32.0 Å². The molecule has 0 saturated heterocycles. The molecule has 0 atom stereocenters. The van der Waals surface area contributed by atoms with Crippen LogP contribution in [0.2, 0.25) is 0 Å². The average molecular weight is 427 g/mol. The van der Waals surface area contributed by atoms with Gasteiger partial charge in [-0.05, 0) is 42.5 Å². The number of hydrogen-bond acceptors (Lipinski definition) is 6. The van der Waals surface area contributed by atoms with Crippen molar-refractivity contribution in [2.24, 2.45) is 5.92 Å². The third kappa shape index (κ3) is 4.84. The quantitative estimate of drug-likeness (QED) is 0.399. The van der Waals surface area contributed by atoms with Crippen LogP contribution in [-0.4, -0.2) is 39.2 Å². The Morgan fingerprint density at radius 3 is 2.35 bits per heavy atom. The van der Waals surface area contributed by atoms with Gasteiger partial charge in [0.1, 0.15) is 13.2 Å². The molecule has 166 valence electrons. The number of carbonyl (C=O) groups excluding carboxylic acids is 2. The van der Waals surface area contributed by atoms with Crippen LogP contribution in [-0.2, 0) is 16.0 Å². The van der Waals surface area contributed by atoms with Crippen molar-refractivity contribution in [2.75, 3.05) is 27.4 Å². The molecule has 2 aromatic rings. The third-order valence-corrected chi connectivity index (χ3v) is 5.73. The lowest BCUT2D eigenvalue weighted by atomic mass is 9.99. The van der Waals surface area contributed by atoms with Gasteiger partial charge in [0, 0.05) is 17.5 Å². The first-order chi connectivity index (χ1) is 15.0. The van der Waals surface area contributed by atoms with Crippen molar-refractivity contribution in [3.05, 3.63) is 41.5 Å². The molecule has 0 spiro atoms. The zero-order valence-electron chi connectivity index (χ0n) is 18.7. The summed E-state index contributed by atoms with van der Waals surface area (Å²) in [5, 5.41) is 0. The fourth-order valence-electron chi connectivity index (χ4n) is 3.92. The van der Waals surface area contributed by atoms with E-state index in [0.29, 0.717) is 23.7 Å². The minimum atomic E-state index is -0.199. The highest BCUT2D eigenvalue weighted by molar-refractivity contribution is 6.01. The highest BCUT2D eigenvalue weighted by atomic mass is 16.6. The first-order valence-electron chi connectivity index (χ1n) is 10.7. The van der Waals surface area contributed by atoms with Crippen LogP contribution in [0.3, 0.4) is 0 Å². The van der Waals surface area contributed by atoms with Crippen molar-refractivity contribution in [3.8, 4) is 28.4 Å². The maximum absolute atomic E-state index is 12.1. The second-order valence-corrected chi connectivity index (χ2v) is 7.50. The largest absolute Gasteiger partial charge is 0.493 e. The van der Waals surface area contributed by atoms with E-state index in [1.807, 2.05) is 44.2 Å². The highest BCUT2D eigenvalue weighted by Crippen LogP contribution is 2.45. The van der Waals surface area contributed by atoms with Crippen LogP contribution in [0.5, 0.6) is 17.2 Å². The zero-order chi connectivity index (χ0) is 22.4. The van der Waals surface area contributed by atoms with E-state index in [9.17, 15) is 9.59 Å². The molecule has 1 aliphatic carbocycles. The summed E-state index contributed by atoms with van der Waals surface area (Å²) in [5.74, 6) is 1.44. The lowest BCUT2D eigenvalue weighted by Crippen LogP contribution is -2.19. The summed E-state index contributed by atoms with van der Waals surface area (Å²) in [5.41, 5.74) is 3.59. The molecule has 0 fully saturated rings. The van der Waals surface area contributed by atoms with E-state index >= 15 is 0 Å². The van der Waals surface area contributed by atoms with Gasteiger partial charge in [0.2, 0.25) is 5.75 Å². The van der Waals surface area contributed by atoms with Gasteiger partial charge in [-0.15, -0.1) is 0 Å². The molecule has 0 bridgehead atoms. The topological polar surface area (TPSA) is 71.1 Å². The Morgan fingerprint density at radius 2 is 1.68 bits per heavy atom. The molecule has 6 heteroatoms. The summed E-state index contributed by atoms with van der Waals surface area (Å²) in [6, 6.07) is 9.56. The predicted octanol–water partition coefficient (Wildman–Crippen LogP) is 4.86. The number of rotatable bonds is 10. The Morgan fingerprint density at radius 1 is 0.935 bits per heavy atom. The third-order valence-electron chi connectivity index (χ3n) is 5.73. The Bertz CT molecular complexity index is 945. The molecule has 0 heterocycles. The molecular weight excluding hydrogens is 396 g/mol. The lowest BCUT2D eigenvalue weighted by molar-refractivity contribution is -0.149. The predicted molar refractivity (Wildman–Crippen MR) is 118 cm³/mol. The number of hydrogen-bond donors (Lipinski definition) is 0. The summed E-state index contributed by atoms with van der Waals surface area (Å²) in [7, 11) is 3.13. The molecule has 2 aromatic carbocycles. The lowest BCUT2D eigenvalue weighted by Gasteiger charge is -2.18. The van der Waals surface area contributed by atoms with Crippen molar-refractivity contribution < 1.29 is 28.5 Å². The van der Waals surface area contributed by atoms with E-state index in [1.54, 1.807) is 14.2 Å². The number of aryl methyl sites for hydroxylation is 1. The van der Waals surface area contributed by atoms with E-state index in [2.05, 4.69) is 0 Å². The van der Waals surface area contributed by atoms with Gasteiger partial charge in [0.05, 0.1) is 20.1 Å². The van der Waals surface area contributed by atoms with Crippen LogP contribution in [0.1, 0.15) is 49.0 Å². The standard InChI is InChI=1S/C25H30O6/c1-5-16(6-2)25(27)31-14-13-30-23-20(10-12-22(28-3)24(23)29-4)18-7-9-19-17(15-18)8-11-21(19)26/h7,9-10,12,15-16H,5-6,8,11,13-14H2,1-4H3. The molecular formula is C25H30O6. The summed E-state index contributed by atoms with van der Waals surface area (Å²) in [6.07, 6.45) is 2.81.